The summed E-state index contributed by atoms with van der Waals surface area (Å²) in [5, 5.41) is -1.37. The summed E-state index contributed by atoms with van der Waals surface area (Å²) in [7, 11) is -4.46. The fraction of sp³-hybridized carbons (Fsp3) is 1.00. The van der Waals surface area contributed by atoms with Crippen LogP contribution in [0, 0.1) is 0 Å². The van der Waals surface area contributed by atoms with Gasteiger partial charge in [-0.05, 0) is 14.5 Å². The van der Waals surface area contributed by atoms with Crippen molar-refractivity contribution >= 4 is 7.60 Å². The van der Waals surface area contributed by atoms with Gasteiger partial charge in [-0.25, -0.2) is 0 Å². The Hall–Kier alpha value is 2.11. The summed E-state index contributed by atoms with van der Waals surface area (Å²) >= 11 is 0. The molecule has 0 amide bonds. The Bertz CT molecular complexity index is 151. The minimum absolute atomic E-state index is 0. The molecular weight excluding hydrogens is 177 g/mol. The van der Waals surface area contributed by atoms with E-state index in [9.17, 15) is 14.4 Å². The van der Waals surface area contributed by atoms with Crippen molar-refractivity contribution in [2.75, 3.05) is 6.61 Å². The molecule has 1 saturated heterocycles. The van der Waals surface area contributed by atoms with Crippen LogP contribution in [0.25, 0.3) is 0 Å². The third-order valence-electron chi connectivity index (χ3n) is 1.14. The average molecular weight is 182 g/mol. The Kier molecular flexibility index (Phi) is 6.40. The van der Waals surface area contributed by atoms with E-state index in [-0.39, 0.29) is 65.7 Å². The molecule has 0 aromatic rings. The quantitative estimate of drug-likeness (QED) is 0.229. The van der Waals surface area contributed by atoms with Crippen LogP contribution in [0.3, 0.4) is 0 Å². The van der Waals surface area contributed by atoms with Crippen LogP contribution in [0.5, 0.6) is 0 Å². The van der Waals surface area contributed by atoms with E-state index in [1.54, 1.807) is 0 Å². The summed E-state index contributed by atoms with van der Waals surface area (Å²) in [6.45, 7) is 1.32. The molecule has 4 nitrogen and oxygen atoms in total. The maximum Gasteiger partial charge on any atom is 1.00 e. The smallest absolute Gasteiger partial charge is 0.809 e. The molecule has 1 fully saturated rings. The number of rotatable bonds is 1. The normalized spacial score (nSPS) is 29.9. The van der Waals surface area contributed by atoms with Gasteiger partial charge in [0, 0.05) is 0 Å². The molecule has 7 heteroatoms. The SMILES string of the molecule is CC1(P(=O)([O-])[O-])CO1.[Na+].[Na+]. The van der Waals surface area contributed by atoms with Gasteiger partial charge in [0.2, 0.25) is 0 Å². The maximum absolute atomic E-state index is 10.1. The van der Waals surface area contributed by atoms with E-state index in [1.807, 2.05) is 0 Å². The van der Waals surface area contributed by atoms with Gasteiger partial charge < -0.3 is 19.1 Å². The van der Waals surface area contributed by atoms with E-state index in [4.69, 9.17) is 0 Å². The minimum Gasteiger partial charge on any atom is -0.809 e. The van der Waals surface area contributed by atoms with Gasteiger partial charge in [0.1, 0.15) is 5.34 Å². The molecule has 1 aliphatic rings. The molecule has 48 valence electrons. The van der Waals surface area contributed by atoms with Crippen molar-refractivity contribution in [3.8, 4) is 0 Å². The molecular formula is C3H5Na2O4P. The van der Waals surface area contributed by atoms with Crippen molar-refractivity contribution in [3.05, 3.63) is 0 Å². The van der Waals surface area contributed by atoms with Gasteiger partial charge in [0.25, 0.3) is 0 Å². The van der Waals surface area contributed by atoms with Crippen molar-refractivity contribution in [3.63, 3.8) is 0 Å². The van der Waals surface area contributed by atoms with Crippen molar-refractivity contribution in [1.29, 1.82) is 0 Å². The van der Waals surface area contributed by atoms with Gasteiger partial charge in [-0.1, -0.05) is 0 Å². The van der Waals surface area contributed by atoms with Gasteiger partial charge in [-0.2, -0.15) is 0 Å². The largest absolute Gasteiger partial charge is 1.00 e. The Morgan fingerprint density at radius 1 is 1.50 bits per heavy atom. The third kappa shape index (κ3) is 3.23. The fourth-order valence-electron chi connectivity index (χ4n) is 0.263. The predicted octanol–water partition coefficient (Wildman–Crippen LogP) is -7.35. The first kappa shape index (κ1) is 14.6. The van der Waals surface area contributed by atoms with E-state index in [1.165, 1.54) is 6.92 Å². The average Bonchev–Trinajstić information content (AvgIpc) is 2.16. The number of ether oxygens (including phenoxy) is 1. The van der Waals surface area contributed by atoms with E-state index in [2.05, 4.69) is 4.74 Å². The summed E-state index contributed by atoms with van der Waals surface area (Å²) < 4.78 is 14.4. The molecule has 0 aromatic carbocycles. The Morgan fingerprint density at radius 3 is 1.80 bits per heavy atom. The second-order valence-corrected chi connectivity index (χ2v) is 3.90. The summed E-state index contributed by atoms with van der Waals surface area (Å²) in [4.78, 5) is 20.1. The van der Waals surface area contributed by atoms with Crippen LogP contribution in [0.4, 0.5) is 0 Å². The fourth-order valence-corrected chi connectivity index (χ4v) is 0.643. The molecule has 0 bridgehead atoms. The van der Waals surface area contributed by atoms with Gasteiger partial charge in [0.05, 0.1) is 6.61 Å². The minimum atomic E-state index is -4.46. The van der Waals surface area contributed by atoms with Gasteiger partial charge in [0.15, 0.2) is 0 Å². The van der Waals surface area contributed by atoms with E-state index < -0.39 is 12.9 Å². The monoisotopic (exact) mass is 182 g/mol. The van der Waals surface area contributed by atoms with Crippen molar-refractivity contribution in [2.24, 2.45) is 0 Å². The summed E-state index contributed by atoms with van der Waals surface area (Å²) in [6, 6.07) is 0. The molecule has 10 heavy (non-hydrogen) atoms. The van der Waals surface area contributed by atoms with Crippen LogP contribution in [-0.4, -0.2) is 11.9 Å². The zero-order valence-electron chi connectivity index (χ0n) is 6.29. The van der Waals surface area contributed by atoms with Crippen LogP contribution < -0.4 is 68.9 Å². The molecule has 1 rings (SSSR count). The van der Waals surface area contributed by atoms with Gasteiger partial charge >= 0.3 is 59.1 Å². The van der Waals surface area contributed by atoms with Crippen molar-refractivity contribution < 1.29 is 78.2 Å². The Labute approximate surface area is 103 Å². The predicted molar refractivity (Wildman–Crippen MR) is 22.0 cm³/mol. The van der Waals surface area contributed by atoms with E-state index in [0.29, 0.717) is 0 Å². The Balaban J connectivity index is 0. The molecule has 0 spiro atoms. The Morgan fingerprint density at radius 2 is 1.80 bits per heavy atom. The van der Waals surface area contributed by atoms with Gasteiger partial charge in [-0.15, -0.1) is 0 Å². The summed E-state index contributed by atoms with van der Waals surface area (Å²) in [5.41, 5.74) is 0. The van der Waals surface area contributed by atoms with Crippen molar-refractivity contribution in [1.82, 2.24) is 0 Å². The molecule has 1 atom stereocenters. The zero-order valence-corrected chi connectivity index (χ0v) is 11.2. The number of epoxide rings is 1. The van der Waals surface area contributed by atoms with Crippen LogP contribution >= 0.6 is 7.60 Å². The standard InChI is InChI=1S/C3H7O4P.2Na/c1-3(2-7-3)8(4,5)6;;/h2H2,1H3,(H2,4,5,6);;/q;2*+1/p-2. The second-order valence-electron chi connectivity index (χ2n) is 1.96. The van der Waals surface area contributed by atoms with E-state index in [0.717, 1.165) is 0 Å². The van der Waals surface area contributed by atoms with Crippen LogP contribution in [0.2, 0.25) is 0 Å². The molecule has 1 aliphatic heterocycles. The topological polar surface area (TPSA) is 75.7 Å². The molecule has 1 unspecified atom stereocenters. The first-order chi connectivity index (χ1) is 3.46. The second kappa shape index (κ2) is 4.38. The third-order valence-corrected chi connectivity index (χ3v) is 2.56. The number of hydrogen-bond donors (Lipinski definition) is 0. The van der Waals surface area contributed by atoms with Crippen LogP contribution in [-0.2, 0) is 9.30 Å². The molecule has 0 aromatic heterocycles. The van der Waals surface area contributed by atoms with Crippen LogP contribution in [0.15, 0.2) is 0 Å². The summed E-state index contributed by atoms with van der Waals surface area (Å²) in [6.07, 6.45) is 0. The molecule has 1 heterocycles. The summed E-state index contributed by atoms with van der Waals surface area (Å²) in [5.74, 6) is 0. The molecule has 0 aliphatic carbocycles. The van der Waals surface area contributed by atoms with Crippen molar-refractivity contribution in [2.45, 2.75) is 12.3 Å². The first-order valence-corrected chi connectivity index (χ1v) is 3.66. The number of hydrogen-bond acceptors (Lipinski definition) is 4. The van der Waals surface area contributed by atoms with E-state index >= 15 is 0 Å². The maximum atomic E-state index is 10.1. The molecule has 0 saturated carbocycles. The zero-order chi connectivity index (χ0) is 6.41. The first-order valence-electron chi connectivity index (χ1n) is 2.12. The van der Waals surface area contributed by atoms with Gasteiger partial charge in [-0.3, -0.25) is 0 Å². The molecule has 0 radical (unpaired) electrons. The molecule has 0 N–H and O–H groups in total. The van der Waals surface area contributed by atoms with Crippen LogP contribution in [0.1, 0.15) is 6.92 Å².